The van der Waals surface area contributed by atoms with Crippen molar-refractivity contribution in [1.82, 2.24) is 5.48 Å². The number of hydrogen-bond acceptors (Lipinski definition) is 6. The van der Waals surface area contributed by atoms with Gasteiger partial charge in [0.25, 0.3) is 5.91 Å². The quantitative estimate of drug-likeness (QED) is 0.502. The molecule has 0 radical (unpaired) electrons. The lowest BCUT2D eigenvalue weighted by molar-refractivity contribution is -0.159. The summed E-state index contributed by atoms with van der Waals surface area (Å²) < 4.78 is 15.7. The molecule has 1 N–H and O–H groups in total. The van der Waals surface area contributed by atoms with Gasteiger partial charge in [-0.15, -0.1) is 0 Å². The van der Waals surface area contributed by atoms with Crippen molar-refractivity contribution >= 4 is 11.9 Å². The van der Waals surface area contributed by atoms with E-state index in [9.17, 15) is 9.59 Å². The molecule has 0 unspecified atom stereocenters. The Morgan fingerprint density at radius 2 is 1.83 bits per heavy atom. The van der Waals surface area contributed by atoms with Crippen molar-refractivity contribution < 1.29 is 28.6 Å². The first kappa shape index (κ1) is 16.8. The number of carbonyl (C=O) groups is 2. The predicted octanol–water partition coefficient (Wildman–Crippen LogP) is 1.48. The van der Waals surface area contributed by atoms with Gasteiger partial charge < -0.3 is 14.2 Å². The fraction of sp³-hybridized carbons (Fsp3) is 0.375. The molecule has 0 atom stereocenters. The zero-order valence-electron chi connectivity index (χ0n) is 13.5. The van der Waals surface area contributed by atoms with Gasteiger partial charge >= 0.3 is 5.97 Å². The van der Waals surface area contributed by atoms with E-state index in [1.165, 1.54) is 7.11 Å². The first-order valence-electron chi connectivity index (χ1n) is 6.98. The molecule has 0 aromatic heterocycles. The van der Waals surface area contributed by atoms with Gasteiger partial charge in [0.05, 0.1) is 19.8 Å². The summed E-state index contributed by atoms with van der Waals surface area (Å²) in [5, 5.41) is 0. The Labute approximate surface area is 134 Å². The van der Waals surface area contributed by atoms with E-state index >= 15 is 0 Å². The molecule has 7 heteroatoms. The van der Waals surface area contributed by atoms with Crippen LogP contribution in [-0.2, 0) is 30.3 Å². The van der Waals surface area contributed by atoms with E-state index in [4.69, 9.17) is 14.2 Å². The number of hydrogen-bond donors (Lipinski definition) is 1. The third-order valence-electron chi connectivity index (χ3n) is 3.15. The van der Waals surface area contributed by atoms with E-state index in [2.05, 4.69) is 10.3 Å². The van der Waals surface area contributed by atoms with Gasteiger partial charge in [-0.05, 0) is 17.7 Å². The fourth-order valence-electron chi connectivity index (χ4n) is 2.13. The van der Waals surface area contributed by atoms with Gasteiger partial charge in [0, 0.05) is 20.3 Å². The zero-order chi connectivity index (χ0) is 17.0. The molecule has 1 aromatic carbocycles. The van der Waals surface area contributed by atoms with Crippen LogP contribution in [0.3, 0.4) is 0 Å². The molecule has 1 aromatic rings. The standard InChI is InChI=1S/C16H19NO6/c1-16(2)22-13(15(19)23-16)12(14(18)17-21-4)9-10-5-7-11(20-3)8-6-10/h5-8H,9H2,1-4H3,(H,17,18). The van der Waals surface area contributed by atoms with Crippen LogP contribution in [0.4, 0.5) is 0 Å². The van der Waals surface area contributed by atoms with Crippen LogP contribution in [0, 0.1) is 0 Å². The van der Waals surface area contributed by atoms with Crippen molar-refractivity contribution in [1.29, 1.82) is 0 Å². The number of hydroxylamine groups is 1. The summed E-state index contributed by atoms with van der Waals surface area (Å²) in [5.41, 5.74) is 3.14. The average Bonchev–Trinajstić information content (AvgIpc) is 2.78. The molecule has 1 amide bonds. The number of methoxy groups -OCH3 is 1. The van der Waals surface area contributed by atoms with Crippen molar-refractivity contribution in [2.24, 2.45) is 0 Å². The fourth-order valence-corrected chi connectivity index (χ4v) is 2.13. The summed E-state index contributed by atoms with van der Waals surface area (Å²) in [6.07, 6.45) is 0.180. The van der Waals surface area contributed by atoms with Crippen molar-refractivity contribution in [3.05, 3.63) is 41.2 Å². The monoisotopic (exact) mass is 321 g/mol. The highest BCUT2D eigenvalue weighted by Gasteiger charge is 2.40. The van der Waals surface area contributed by atoms with Crippen LogP contribution in [-0.4, -0.2) is 31.9 Å². The van der Waals surface area contributed by atoms with E-state index < -0.39 is 17.7 Å². The van der Waals surface area contributed by atoms with Gasteiger partial charge in [-0.2, -0.15) is 0 Å². The van der Waals surface area contributed by atoms with Crippen LogP contribution >= 0.6 is 0 Å². The maximum Gasteiger partial charge on any atom is 0.377 e. The molecule has 1 fully saturated rings. The van der Waals surface area contributed by atoms with E-state index in [0.717, 1.165) is 5.56 Å². The molecule has 1 aliphatic heterocycles. The summed E-state index contributed by atoms with van der Waals surface area (Å²) in [7, 11) is 2.88. The lowest BCUT2D eigenvalue weighted by Gasteiger charge is -2.15. The molecule has 7 nitrogen and oxygen atoms in total. The van der Waals surface area contributed by atoms with E-state index in [-0.39, 0.29) is 17.8 Å². The first-order chi connectivity index (χ1) is 10.9. The molecular weight excluding hydrogens is 302 g/mol. The number of esters is 1. The van der Waals surface area contributed by atoms with Crippen molar-refractivity contribution in [3.8, 4) is 5.75 Å². The van der Waals surface area contributed by atoms with Gasteiger partial charge in [0.2, 0.25) is 11.5 Å². The highest BCUT2D eigenvalue weighted by molar-refractivity contribution is 6.02. The number of nitrogens with one attached hydrogen (secondary N) is 1. The maximum absolute atomic E-state index is 12.2. The normalized spacial score (nSPS) is 18.0. The van der Waals surface area contributed by atoms with E-state index in [0.29, 0.717) is 5.75 Å². The minimum Gasteiger partial charge on any atom is -0.497 e. The van der Waals surface area contributed by atoms with Gasteiger partial charge in [-0.1, -0.05) is 12.1 Å². The Morgan fingerprint density at radius 1 is 1.17 bits per heavy atom. The van der Waals surface area contributed by atoms with Gasteiger partial charge in [0.1, 0.15) is 5.75 Å². The van der Waals surface area contributed by atoms with Crippen LogP contribution in [0.5, 0.6) is 5.75 Å². The number of cyclic esters (lactones) is 1. The third-order valence-corrected chi connectivity index (χ3v) is 3.15. The second-order valence-electron chi connectivity index (χ2n) is 5.36. The van der Waals surface area contributed by atoms with Crippen LogP contribution in [0.2, 0.25) is 0 Å². The Morgan fingerprint density at radius 3 is 2.30 bits per heavy atom. The molecular formula is C16H19NO6. The maximum atomic E-state index is 12.2. The van der Waals surface area contributed by atoms with Gasteiger partial charge in [0.15, 0.2) is 0 Å². The third kappa shape index (κ3) is 4.01. The summed E-state index contributed by atoms with van der Waals surface area (Å²) in [6.45, 7) is 3.19. The molecule has 0 aliphatic carbocycles. The Bertz CT molecular complexity index is 632. The summed E-state index contributed by atoms with van der Waals surface area (Å²) in [6, 6.07) is 7.13. The largest absolute Gasteiger partial charge is 0.497 e. The predicted molar refractivity (Wildman–Crippen MR) is 80.1 cm³/mol. The zero-order valence-corrected chi connectivity index (χ0v) is 13.5. The molecule has 0 saturated carbocycles. The Kier molecular flexibility index (Phi) is 4.90. The van der Waals surface area contributed by atoms with Crippen molar-refractivity contribution in [2.45, 2.75) is 26.1 Å². The van der Waals surface area contributed by atoms with E-state index in [1.807, 2.05) is 0 Å². The number of ether oxygens (including phenoxy) is 3. The summed E-state index contributed by atoms with van der Waals surface area (Å²) in [4.78, 5) is 28.8. The number of benzene rings is 1. The molecule has 0 spiro atoms. The molecule has 124 valence electrons. The molecule has 23 heavy (non-hydrogen) atoms. The SMILES string of the molecule is CONC(=O)C(Cc1ccc(OC)cc1)=C1OC(C)(C)OC1=O. The molecule has 1 aliphatic rings. The minimum atomic E-state index is -1.11. The van der Waals surface area contributed by atoms with Gasteiger partial charge in [-0.3, -0.25) is 9.63 Å². The topological polar surface area (TPSA) is 83.1 Å². The minimum absolute atomic E-state index is 0.111. The second kappa shape index (κ2) is 6.70. The lowest BCUT2D eigenvalue weighted by atomic mass is 10.0. The smallest absolute Gasteiger partial charge is 0.377 e. The highest BCUT2D eigenvalue weighted by Crippen LogP contribution is 2.30. The van der Waals surface area contributed by atoms with Crippen LogP contribution in [0.15, 0.2) is 35.6 Å². The first-order valence-corrected chi connectivity index (χ1v) is 6.98. The van der Waals surface area contributed by atoms with Crippen molar-refractivity contribution in [3.63, 3.8) is 0 Å². The molecule has 2 rings (SSSR count). The van der Waals surface area contributed by atoms with E-state index in [1.54, 1.807) is 45.2 Å². The number of carbonyl (C=O) groups excluding carboxylic acids is 2. The van der Waals surface area contributed by atoms with Gasteiger partial charge in [-0.25, -0.2) is 10.3 Å². The molecule has 1 saturated heterocycles. The highest BCUT2D eigenvalue weighted by atomic mass is 16.8. The van der Waals surface area contributed by atoms with Crippen LogP contribution in [0.1, 0.15) is 19.4 Å². The number of amides is 1. The summed E-state index contributed by atoms with van der Waals surface area (Å²) in [5.74, 6) is -1.76. The van der Waals surface area contributed by atoms with Crippen molar-refractivity contribution in [2.75, 3.05) is 14.2 Å². The molecule has 1 heterocycles. The van der Waals surface area contributed by atoms with Crippen LogP contribution in [0.25, 0.3) is 0 Å². The second-order valence-corrected chi connectivity index (χ2v) is 5.36. The average molecular weight is 321 g/mol. The van der Waals surface area contributed by atoms with Crippen LogP contribution < -0.4 is 10.2 Å². The Balaban J connectivity index is 2.34. The summed E-state index contributed by atoms with van der Waals surface area (Å²) >= 11 is 0. The lowest BCUT2D eigenvalue weighted by Crippen LogP contribution is -2.27. The molecule has 0 bridgehead atoms. The Hall–Kier alpha value is -2.54. The number of rotatable bonds is 5.